The second-order valence-electron chi connectivity index (χ2n) is 3.74. The fraction of sp³-hybridized carbons (Fsp3) is 0.462. The minimum absolute atomic E-state index is 0.0985. The van der Waals surface area contributed by atoms with E-state index in [2.05, 4.69) is 5.32 Å². The van der Waals surface area contributed by atoms with Crippen LogP contribution in [0.1, 0.15) is 29.3 Å². The summed E-state index contributed by atoms with van der Waals surface area (Å²) in [5.41, 5.74) is 0.577. The van der Waals surface area contributed by atoms with Gasteiger partial charge >= 0.3 is 0 Å². The van der Waals surface area contributed by atoms with Crippen LogP contribution in [0.15, 0.2) is 18.2 Å². The molecule has 0 aliphatic rings. The third kappa shape index (κ3) is 4.15. The van der Waals surface area contributed by atoms with E-state index >= 15 is 0 Å². The molecule has 0 heterocycles. The van der Waals surface area contributed by atoms with Gasteiger partial charge in [0.15, 0.2) is 0 Å². The molecule has 0 saturated heterocycles. The normalized spacial score (nSPS) is 10.3. The van der Waals surface area contributed by atoms with E-state index in [9.17, 15) is 9.18 Å². The van der Waals surface area contributed by atoms with Gasteiger partial charge in [0.2, 0.25) is 0 Å². The van der Waals surface area contributed by atoms with Crippen LogP contribution in [0.3, 0.4) is 0 Å². The molecule has 0 atom stereocenters. The molecule has 1 rings (SSSR count). The number of halogens is 1. The largest absolute Gasteiger partial charge is 0.382 e. The Balaban J connectivity index is 2.44. The van der Waals surface area contributed by atoms with Crippen molar-refractivity contribution in [1.82, 2.24) is 5.32 Å². The smallest absolute Gasteiger partial charge is 0.254 e. The fourth-order valence-electron chi connectivity index (χ4n) is 1.44. The summed E-state index contributed by atoms with van der Waals surface area (Å²) in [6.45, 7) is 5.32. The van der Waals surface area contributed by atoms with Crippen LogP contribution in [0.5, 0.6) is 0 Å². The maximum absolute atomic E-state index is 13.6. The molecule has 1 aromatic rings. The zero-order valence-corrected chi connectivity index (χ0v) is 10.3. The lowest BCUT2D eigenvalue weighted by Gasteiger charge is -2.07. The van der Waals surface area contributed by atoms with Gasteiger partial charge in [0, 0.05) is 19.8 Å². The molecule has 0 aliphatic heterocycles. The maximum atomic E-state index is 13.6. The molecule has 17 heavy (non-hydrogen) atoms. The summed E-state index contributed by atoms with van der Waals surface area (Å²) in [5, 5.41) is 2.67. The summed E-state index contributed by atoms with van der Waals surface area (Å²) in [6, 6.07) is 4.80. The predicted molar refractivity (Wildman–Crippen MR) is 64.6 cm³/mol. The quantitative estimate of drug-likeness (QED) is 0.773. The molecule has 0 saturated carbocycles. The molecule has 3 nitrogen and oxygen atoms in total. The summed E-state index contributed by atoms with van der Waals surface area (Å²) >= 11 is 0. The SMILES string of the molecule is CCOCCCNC(=O)c1cccc(C)c1F. The zero-order chi connectivity index (χ0) is 12.7. The summed E-state index contributed by atoms with van der Waals surface area (Å²) < 4.78 is 18.7. The highest BCUT2D eigenvalue weighted by atomic mass is 19.1. The van der Waals surface area contributed by atoms with E-state index in [1.807, 2.05) is 6.92 Å². The van der Waals surface area contributed by atoms with Crippen LogP contribution >= 0.6 is 0 Å². The third-order valence-electron chi connectivity index (χ3n) is 2.39. The Morgan fingerprint density at radius 2 is 2.24 bits per heavy atom. The average molecular weight is 239 g/mol. The predicted octanol–water partition coefficient (Wildman–Crippen LogP) is 2.29. The van der Waals surface area contributed by atoms with Gasteiger partial charge in [-0.3, -0.25) is 4.79 Å². The highest BCUT2D eigenvalue weighted by Gasteiger charge is 2.11. The fourth-order valence-corrected chi connectivity index (χ4v) is 1.44. The Labute approximate surface area is 101 Å². The molecule has 0 radical (unpaired) electrons. The van der Waals surface area contributed by atoms with Gasteiger partial charge in [0.05, 0.1) is 5.56 Å². The Hall–Kier alpha value is -1.42. The number of ether oxygens (including phenoxy) is 1. The van der Waals surface area contributed by atoms with E-state index < -0.39 is 5.82 Å². The van der Waals surface area contributed by atoms with Gasteiger partial charge in [0.25, 0.3) is 5.91 Å². The van der Waals surface area contributed by atoms with Crippen molar-refractivity contribution in [2.24, 2.45) is 0 Å². The van der Waals surface area contributed by atoms with E-state index in [1.54, 1.807) is 19.1 Å². The Morgan fingerprint density at radius 3 is 2.94 bits per heavy atom. The van der Waals surface area contributed by atoms with E-state index in [4.69, 9.17) is 4.74 Å². The van der Waals surface area contributed by atoms with E-state index in [0.717, 1.165) is 6.42 Å². The first kappa shape index (κ1) is 13.6. The summed E-state index contributed by atoms with van der Waals surface area (Å²) in [4.78, 5) is 11.7. The van der Waals surface area contributed by atoms with E-state index in [0.29, 0.717) is 25.3 Å². The van der Waals surface area contributed by atoms with Crippen LogP contribution in [0.4, 0.5) is 4.39 Å². The molecule has 4 heteroatoms. The standard InChI is InChI=1S/C13H18FNO2/c1-3-17-9-5-8-15-13(16)11-7-4-6-10(2)12(11)14/h4,6-7H,3,5,8-9H2,1-2H3,(H,15,16). The second kappa shape index (κ2) is 7.01. The number of amides is 1. The van der Waals surface area contributed by atoms with E-state index in [-0.39, 0.29) is 11.5 Å². The summed E-state index contributed by atoms with van der Waals surface area (Å²) in [6.07, 6.45) is 0.729. The van der Waals surface area contributed by atoms with Crippen molar-refractivity contribution in [3.63, 3.8) is 0 Å². The van der Waals surface area contributed by atoms with Crippen molar-refractivity contribution in [2.75, 3.05) is 19.8 Å². The molecule has 0 unspecified atom stereocenters. The number of carbonyl (C=O) groups is 1. The van der Waals surface area contributed by atoms with Crippen molar-refractivity contribution in [1.29, 1.82) is 0 Å². The number of nitrogens with one attached hydrogen (secondary N) is 1. The summed E-state index contributed by atoms with van der Waals surface area (Å²) in [7, 11) is 0. The minimum Gasteiger partial charge on any atom is -0.382 e. The van der Waals surface area contributed by atoms with Crippen LogP contribution in [0.25, 0.3) is 0 Å². The average Bonchev–Trinajstić information content (AvgIpc) is 2.32. The number of benzene rings is 1. The van der Waals surface area contributed by atoms with Gasteiger partial charge < -0.3 is 10.1 Å². The van der Waals surface area contributed by atoms with Crippen molar-refractivity contribution in [3.05, 3.63) is 35.1 Å². The highest BCUT2D eigenvalue weighted by molar-refractivity contribution is 5.94. The van der Waals surface area contributed by atoms with Crippen LogP contribution < -0.4 is 5.32 Å². The van der Waals surface area contributed by atoms with Gasteiger partial charge in [-0.25, -0.2) is 4.39 Å². The zero-order valence-electron chi connectivity index (χ0n) is 10.3. The Morgan fingerprint density at radius 1 is 1.47 bits per heavy atom. The van der Waals surface area contributed by atoms with Crippen molar-refractivity contribution < 1.29 is 13.9 Å². The first-order valence-electron chi connectivity index (χ1n) is 5.78. The lowest BCUT2D eigenvalue weighted by Crippen LogP contribution is -2.26. The van der Waals surface area contributed by atoms with Crippen molar-refractivity contribution in [3.8, 4) is 0 Å². The molecule has 0 aliphatic carbocycles. The monoisotopic (exact) mass is 239 g/mol. The molecular weight excluding hydrogens is 221 g/mol. The highest BCUT2D eigenvalue weighted by Crippen LogP contribution is 2.11. The molecule has 1 N–H and O–H groups in total. The maximum Gasteiger partial charge on any atom is 0.254 e. The topological polar surface area (TPSA) is 38.3 Å². The van der Waals surface area contributed by atoms with Crippen LogP contribution in [0.2, 0.25) is 0 Å². The van der Waals surface area contributed by atoms with E-state index in [1.165, 1.54) is 6.07 Å². The molecule has 0 fully saturated rings. The second-order valence-corrected chi connectivity index (χ2v) is 3.74. The van der Waals surface area contributed by atoms with Gasteiger partial charge in [-0.2, -0.15) is 0 Å². The molecule has 1 amide bonds. The van der Waals surface area contributed by atoms with Crippen molar-refractivity contribution in [2.45, 2.75) is 20.3 Å². The van der Waals surface area contributed by atoms with Crippen LogP contribution in [-0.4, -0.2) is 25.7 Å². The molecule has 94 valence electrons. The Kier molecular flexibility index (Phi) is 5.63. The number of hydrogen-bond donors (Lipinski definition) is 1. The minimum atomic E-state index is -0.449. The molecule has 0 bridgehead atoms. The molecular formula is C13H18FNO2. The van der Waals surface area contributed by atoms with Gasteiger partial charge in [0.1, 0.15) is 5.82 Å². The number of rotatable bonds is 6. The Bertz CT molecular complexity index is 380. The van der Waals surface area contributed by atoms with Gasteiger partial charge in [-0.15, -0.1) is 0 Å². The number of aryl methyl sites for hydroxylation is 1. The lowest BCUT2D eigenvalue weighted by atomic mass is 10.1. The lowest BCUT2D eigenvalue weighted by molar-refractivity contribution is 0.0940. The number of carbonyl (C=O) groups excluding carboxylic acids is 1. The summed E-state index contributed by atoms with van der Waals surface area (Å²) in [5.74, 6) is -0.822. The first-order valence-corrected chi connectivity index (χ1v) is 5.78. The van der Waals surface area contributed by atoms with Crippen LogP contribution in [0, 0.1) is 12.7 Å². The molecule has 1 aromatic carbocycles. The third-order valence-corrected chi connectivity index (χ3v) is 2.39. The van der Waals surface area contributed by atoms with Gasteiger partial charge in [-0.1, -0.05) is 12.1 Å². The molecule has 0 spiro atoms. The first-order chi connectivity index (χ1) is 8.16. The molecule has 0 aromatic heterocycles. The van der Waals surface area contributed by atoms with Crippen molar-refractivity contribution >= 4 is 5.91 Å². The van der Waals surface area contributed by atoms with Crippen LogP contribution in [-0.2, 0) is 4.74 Å². The number of hydrogen-bond acceptors (Lipinski definition) is 2. The van der Waals surface area contributed by atoms with Gasteiger partial charge in [-0.05, 0) is 31.9 Å².